The quantitative estimate of drug-likeness (QED) is 0.113. The minimum Gasteiger partial charge on any atom is -0.480 e. The summed E-state index contributed by atoms with van der Waals surface area (Å²) < 4.78 is 5.37. The van der Waals surface area contributed by atoms with Crippen molar-refractivity contribution >= 4 is 52.8 Å². The Hall–Kier alpha value is -4.94. The van der Waals surface area contributed by atoms with Gasteiger partial charge in [-0.1, -0.05) is 31.2 Å². The highest BCUT2D eigenvalue weighted by molar-refractivity contribution is 6.34. The number of hydrogen-bond donors (Lipinski definition) is 4. The van der Waals surface area contributed by atoms with Gasteiger partial charge in [0.2, 0.25) is 5.91 Å². The molecule has 12 nitrogen and oxygen atoms in total. The summed E-state index contributed by atoms with van der Waals surface area (Å²) in [5, 5.41) is 18.6. The first kappa shape index (κ1) is 32.3. The Bertz CT molecular complexity index is 1460. The Labute approximate surface area is 241 Å². The van der Waals surface area contributed by atoms with E-state index in [0.717, 1.165) is 0 Å². The summed E-state index contributed by atoms with van der Waals surface area (Å²) in [6, 6.07) is 16.4. The van der Waals surface area contributed by atoms with Crippen molar-refractivity contribution in [1.82, 2.24) is 4.90 Å². The summed E-state index contributed by atoms with van der Waals surface area (Å²) in [6.45, 7) is -0.710. The molecule has 216 valence electrons. The fourth-order valence-corrected chi connectivity index (χ4v) is 3.96. The molecule has 0 unspecified atom stereocenters. The van der Waals surface area contributed by atoms with Crippen molar-refractivity contribution in [2.24, 2.45) is 16.5 Å². The SMILES string of the molecule is C.CN(C(=O)CN(CC(=O)O)Cc1cccc(C(=O)O)c1)c1ccc(OC(=O)c2ccc(N=C(N)N)cc2)cc1Cl. The second kappa shape index (κ2) is 14.4. The number of nitrogens with zero attached hydrogens (tertiary/aromatic N) is 3. The van der Waals surface area contributed by atoms with Crippen LogP contribution >= 0.6 is 11.6 Å². The van der Waals surface area contributed by atoms with Gasteiger partial charge in [-0.2, -0.15) is 0 Å². The molecule has 3 aromatic rings. The fraction of sp³-hybridized carbons (Fsp3) is 0.179. The van der Waals surface area contributed by atoms with Crippen molar-refractivity contribution in [2.75, 3.05) is 25.0 Å². The predicted octanol–water partition coefficient (Wildman–Crippen LogP) is 3.35. The van der Waals surface area contributed by atoms with Crippen LogP contribution in [0.3, 0.4) is 0 Å². The maximum Gasteiger partial charge on any atom is 0.343 e. The molecule has 0 aliphatic heterocycles. The van der Waals surface area contributed by atoms with Crippen molar-refractivity contribution in [3.8, 4) is 5.75 Å². The number of aliphatic carboxylic acids is 1. The van der Waals surface area contributed by atoms with Crippen LogP contribution in [-0.2, 0) is 16.1 Å². The van der Waals surface area contributed by atoms with Crippen LogP contribution in [0.2, 0.25) is 5.02 Å². The first-order valence-electron chi connectivity index (χ1n) is 11.7. The number of aromatic carboxylic acids is 1. The third kappa shape index (κ3) is 9.34. The Balaban J connectivity index is 0.00000588. The number of nitrogens with two attached hydrogens (primary N) is 2. The van der Waals surface area contributed by atoms with Crippen LogP contribution in [0.4, 0.5) is 11.4 Å². The minimum atomic E-state index is -1.15. The van der Waals surface area contributed by atoms with E-state index in [2.05, 4.69) is 4.99 Å². The Morgan fingerprint density at radius 2 is 1.61 bits per heavy atom. The first-order valence-corrected chi connectivity index (χ1v) is 12.0. The molecule has 0 fully saturated rings. The molecular weight excluding hydrogens is 554 g/mol. The lowest BCUT2D eigenvalue weighted by molar-refractivity contribution is -0.138. The average molecular weight is 584 g/mol. The van der Waals surface area contributed by atoms with E-state index in [4.69, 9.17) is 27.8 Å². The number of likely N-dealkylation sites (N-methyl/N-ethyl adjacent to an activating group) is 1. The number of esters is 1. The van der Waals surface area contributed by atoms with E-state index in [0.29, 0.717) is 16.9 Å². The topological polar surface area (TPSA) is 189 Å². The van der Waals surface area contributed by atoms with Gasteiger partial charge in [0, 0.05) is 19.7 Å². The summed E-state index contributed by atoms with van der Waals surface area (Å²) in [5.74, 6) is -3.37. The van der Waals surface area contributed by atoms with E-state index < -0.39 is 30.4 Å². The van der Waals surface area contributed by atoms with Crippen molar-refractivity contribution < 1.29 is 34.1 Å². The van der Waals surface area contributed by atoms with Gasteiger partial charge in [-0.25, -0.2) is 14.6 Å². The van der Waals surface area contributed by atoms with Gasteiger partial charge in [0.05, 0.1) is 40.6 Å². The fourth-order valence-electron chi connectivity index (χ4n) is 3.66. The largest absolute Gasteiger partial charge is 0.480 e. The lowest BCUT2D eigenvalue weighted by atomic mass is 10.1. The van der Waals surface area contributed by atoms with E-state index >= 15 is 0 Å². The number of guanidine groups is 1. The lowest BCUT2D eigenvalue weighted by Crippen LogP contribution is -2.40. The summed E-state index contributed by atoms with van der Waals surface area (Å²) in [6.07, 6.45) is 0. The Morgan fingerprint density at radius 1 is 0.927 bits per heavy atom. The number of amides is 1. The molecule has 41 heavy (non-hydrogen) atoms. The molecule has 3 rings (SSSR count). The second-order valence-corrected chi connectivity index (χ2v) is 8.99. The summed E-state index contributed by atoms with van der Waals surface area (Å²) >= 11 is 6.38. The van der Waals surface area contributed by atoms with E-state index in [1.54, 1.807) is 24.3 Å². The summed E-state index contributed by atoms with van der Waals surface area (Å²) in [5.41, 5.74) is 12.3. The number of hydrogen-bond acceptors (Lipinski definition) is 7. The Kier molecular flexibility index (Phi) is 11.4. The molecule has 1 amide bonds. The van der Waals surface area contributed by atoms with Crippen LogP contribution in [0.1, 0.15) is 33.7 Å². The number of halogens is 1. The zero-order chi connectivity index (χ0) is 29.4. The molecule has 0 aliphatic rings. The molecule has 0 radical (unpaired) electrons. The number of carboxylic acid groups (broad SMARTS) is 2. The van der Waals surface area contributed by atoms with Crippen LogP contribution in [0.15, 0.2) is 71.7 Å². The van der Waals surface area contributed by atoms with Crippen molar-refractivity contribution in [1.29, 1.82) is 0 Å². The van der Waals surface area contributed by atoms with Crippen LogP contribution < -0.4 is 21.1 Å². The van der Waals surface area contributed by atoms with Crippen molar-refractivity contribution in [3.05, 3.63) is 88.4 Å². The monoisotopic (exact) mass is 583 g/mol. The molecular formula is C28H30ClN5O7. The van der Waals surface area contributed by atoms with Gasteiger partial charge in [0.25, 0.3) is 0 Å². The molecule has 6 N–H and O–H groups in total. The summed E-state index contributed by atoms with van der Waals surface area (Å²) in [7, 11) is 1.47. The number of carbonyl (C=O) groups is 4. The number of carbonyl (C=O) groups excluding carboxylic acids is 2. The van der Waals surface area contributed by atoms with Gasteiger partial charge in [0.1, 0.15) is 5.75 Å². The molecule has 0 atom stereocenters. The van der Waals surface area contributed by atoms with E-state index in [-0.39, 0.29) is 48.4 Å². The normalized spacial score (nSPS) is 10.3. The highest BCUT2D eigenvalue weighted by Gasteiger charge is 2.21. The van der Waals surface area contributed by atoms with Gasteiger partial charge in [-0.05, 0) is 54.1 Å². The van der Waals surface area contributed by atoms with Crippen LogP contribution in [0, 0.1) is 0 Å². The van der Waals surface area contributed by atoms with Gasteiger partial charge in [-0.3, -0.25) is 14.5 Å². The van der Waals surface area contributed by atoms with Gasteiger partial charge in [0.15, 0.2) is 5.96 Å². The molecule has 0 aromatic heterocycles. The minimum absolute atomic E-state index is 0. The van der Waals surface area contributed by atoms with Gasteiger partial charge in [-0.15, -0.1) is 0 Å². The highest BCUT2D eigenvalue weighted by Crippen LogP contribution is 2.30. The maximum absolute atomic E-state index is 13.0. The summed E-state index contributed by atoms with van der Waals surface area (Å²) in [4.78, 5) is 54.7. The van der Waals surface area contributed by atoms with Crippen LogP contribution in [0.5, 0.6) is 5.75 Å². The van der Waals surface area contributed by atoms with Gasteiger partial charge < -0.3 is 31.3 Å². The molecule has 0 spiro atoms. The number of benzene rings is 3. The second-order valence-electron chi connectivity index (χ2n) is 8.58. The Morgan fingerprint density at radius 3 is 2.20 bits per heavy atom. The molecule has 0 aliphatic carbocycles. The van der Waals surface area contributed by atoms with Crippen molar-refractivity contribution in [2.45, 2.75) is 14.0 Å². The smallest absolute Gasteiger partial charge is 0.343 e. The standard InChI is InChI=1S/C27H26ClN5O7.CH4/c1-32(23(34)14-33(15-24(35)36)13-16-3-2-4-18(11-16)25(37)38)22-10-9-20(12-21(22)28)40-26(39)17-5-7-19(8-6-17)31-27(29)30;/h2-12H,13-15H2,1H3,(H,35,36)(H,37,38)(H4,29,30,31);1H4. The average Bonchev–Trinajstić information content (AvgIpc) is 2.88. The van der Waals surface area contributed by atoms with E-state index in [1.165, 1.54) is 59.3 Å². The number of aliphatic imine (C=N–C) groups is 1. The lowest BCUT2D eigenvalue weighted by Gasteiger charge is -2.25. The molecule has 13 heteroatoms. The number of ether oxygens (including phenoxy) is 1. The zero-order valence-electron chi connectivity index (χ0n) is 21.3. The number of rotatable bonds is 11. The van der Waals surface area contributed by atoms with Crippen molar-refractivity contribution in [3.63, 3.8) is 0 Å². The molecule has 0 saturated heterocycles. The third-order valence-electron chi connectivity index (χ3n) is 5.52. The van der Waals surface area contributed by atoms with E-state index in [1.807, 2.05) is 0 Å². The number of carboxylic acids is 2. The van der Waals surface area contributed by atoms with E-state index in [9.17, 15) is 29.4 Å². The molecule has 0 saturated carbocycles. The third-order valence-corrected chi connectivity index (χ3v) is 5.83. The first-order chi connectivity index (χ1) is 18.9. The molecule has 0 heterocycles. The predicted molar refractivity (Wildman–Crippen MR) is 155 cm³/mol. The highest BCUT2D eigenvalue weighted by atomic mass is 35.5. The van der Waals surface area contributed by atoms with Crippen LogP contribution in [-0.4, -0.2) is 65.0 Å². The molecule has 0 bridgehead atoms. The zero-order valence-corrected chi connectivity index (χ0v) is 22.0. The van der Waals surface area contributed by atoms with Crippen LogP contribution in [0.25, 0.3) is 0 Å². The maximum atomic E-state index is 13.0. The van der Waals surface area contributed by atoms with Gasteiger partial charge >= 0.3 is 17.9 Å². The number of anilines is 1. The molecule has 3 aromatic carbocycles.